The molecule has 0 saturated heterocycles. The van der Waals surface area contributed by atoms with E-state index in [9.17, 15) is 4.79 Å². The molecule has 0 bridgehead atoms. The van der Waals surface area contributed by atoms with Crippen LogP contribution in [0, 0.1) is 6.92 Å². The number of rotatable bonds is 5. The lowest BCUT2D eigenvalue weighted by Gasteiger charge is -2.14. The molecule has 0 aliphatic rings. The Morgan fingerprint density at radius 1 is 1.28 bits per heavy atom. The van der Waals surface area contributed by atoms with Crippen LogP contribution in [0.5, 0.6) is 0 Å². The predicted molar refractivity (Wildman–Crippen MR) is 74.2 cm³/mol. The van der Waals surface area contributed by atoms with Gasteiger partial charge in [-0.2, -0.15) is 0 Å². The Bertz CT molecular complexity index is 500. The molecule has 1 N–H and O–H groups in total. The van der Waals surface area contributed by atoms with Gasteiger partial charge in [0.2, 0.25) is 0 Å². The summed E-state index contributed by atoms with van der Waals surface area (Å²) in [6, 6.07) is 12.2. The molecule has 0 amide bonds. The number of carboxylic acids is 1. The van der Waals surface area contributed by atoms with E-state index in [1.807, 2.05) is 42.6 Å². The summed E-state index contributed by atoms with van der Waals surface area (Å²) in [4.78, 5) is 12.2. The molecule has 1 aromatic heterocycles. The van der Waals surface area contributed by atoms with Crippen LogP contribution in [0.25, 0.3) is 0 Å². The molecule has 0 spiro atoms. The first-order valence-corrected chi connectivity index (χ1v) is 6.84. The van der Waals surface area contributed by atoms with E-state index in [4.69, 9.17) is 5.11 Å². The van der Waals surface area contributed by atoms with Crippen molar-refractivity contribution >= 4 is 17.3 Å². The van der Waals surface area contributed by atoms with Crippen LogP contribution in [0.15, 0.2) is 41.8 Å². The molecule has 0 aliphatic carbocycles. The number of thiophene rings is 1. The first-order chi connectivity index (χ1) is 8.65. The van der Waals surface area contributed by atoms with Crippen LogP contribution in [0.1, 0.15) is 28.3 Å². The smallest absolute Gasteiger partial charge is 0.303 e. The Balaban J connectivity index is 2.19. The Labute approximate surface area is 111 Å². The molecule has 1 unspecified atom stereocenters. The fourth-order valence-electron chi connectivity index (χ4n) is 2.03. The molecule has 1 aromatic carbocycles. The molecule has 1 atom stereocenters. The zero-order chi connectivity index (χ0) is 13.0. The Hall–Kier alpha value is -1.61. The lowest BCUT2D eigenvalue weighted by atomic mass is 9.91. The van der Waals surface area contributed by atoms with Gasteiger partial charge in [0.25, 0.3) is 0 Å². The summed E-state index contributed by atoms with van der Waals surface area (Å²) in [5.74, 6) is -0.682. The molecule has 1 heterocycles. The number of benzene rings is 1. The molecule has 2 rings (SSSR count). The summed E-state index contributed by atoms with van der Waals surface area (Å²) >= 11 is 1.68. The number of hydrogen-bond donors (Lipinski definition) is 1. The van der Waals surface area contributed by atoms with Crippen LogP contribution >= 0.6 is 11.3 Å². The summed E-state index contributed by atoms with van der Waals surface area (Å²) in [5, 5.41) is 11.1. The van der Waals surface area contributed by atoms with E-state index in [1.165, 1.54) is 10.4 Å². The topological polar surface area (TPSA) is 37.3 Å². The normalized spacial score (nSPS) is 12.3. The van der Waals surface area contributed by atoms with Crippen molar-refractivity contribution in [2.24, 2.45) is 0 Å². The van der Waals surface area contributed by atoms with Gasteiger partial charge in [-0.25, -0.2) is 0 Å². The fourth-order valence-corrected chi connectivity index (χ4v) is 2.82. The maximum absolute atomic E-state index is 11.0. The molecule has 0 fully saturated rings. The van der Waals surface area contributed by atoms with Crippen molar-refractivity contribution in [3.63, 3.8) is 0 Å². The van der Waals surface area contributed by atoms with E-state index in [0.29, 0.717) is 0 Å². The third-order valence-electron chi connectivity index (χ3n) is 3.00. The minimum atomic E-state index is -0.739. The second kappa shape index (κ2) is 5.83. The van der Waals surface area contributed by atoms with Crippen LogP contribution in [0.3, 0.4) is 0 Å². The van der Waals surface area contributed by atoms with Gasteiger partial charge in [-0.15, -0.1) is 11.3 Å². The van der Waals surface area contributed by atoms with Crippen molar-refractivity contribution in [1.29, 1.82) is 0 Å². The SMILES string of the molecule is Cc1ccc(C(CC(=O)O)Cc2cccs2)cc1. The van der Waals surface area contributed by atoms with E-state index in [2.05, 4.69) is 6.07 Å². The third-order valence-corrected chi connectivity index (χ3v) is 3.90. The zero-order valence-corrected chi connectivity index (χ0v) is 11.1. The maximum Gasteiger partial charge on any atom is 0.303 e. The minimum absolute atomic E-state index is 0.0572. The molecule has 2 nitrogen and oxygen atoms in total. The van der Waals surface area contributed by atoms with Crippen molar-refractivity contribution in [2.45, 2.75) is 25.7 Å². The quantitative estimate of drug-likeness (QED) is 0.886. The summed E-state index contributed by atoms with van der Waals surface area (Å²) in [6.07, 6.45) is 0.980. The third kappa shape index (κ3) is 3.44. The van der Waals surface area contributed by atoms with Crippen molar-refractivity contribution < 1.29 is 9.90 Å². The van der Waals surface area contributed by atoms with Crippen LogP contribution in [0.4, 0.5) is 0 Å². The van der Waals surface area contributed by atoms with Crippen LogP contribution in [-0.2, 0) is 11.2 Å². The Kier molecular flexibility index (Phi) is 4.15. The first kappa shape index (κ1) is 12.8. The van der Waals surface area contributed by atoms with Gasteiger partial charge >= 0.3 is 5.97 Å². The van der Waals surface area contributed by atoms with Gasteiger partial charge in [0, 0.05) is 4.88 Å². The standard InChI is InChI=1S/C15H16O2S/c1-11-4-6-12(7-5-11)13(10-15(16)17)9-14-3-2-8-18-14/h2-8,13H,9-10H2,1H3,(H,16,17). The van der Waals surface area contributed by atoms with E-state index < -0.39 is 5.97 Å². The van der Waals surface area contributed by atoms with Gasteiger partial charge < -0.3 is 5.11 Å². The average Bonchev–Trinajstić information content (AvgIpc) is 2.81. The van der Waals surface area contributed by atoms with E-state index in [-0.39, 0.29) is 12.3 Å². The van der Waals surface area contributed by atoms with Crippen molar-refractivity contribution in [2.75, 3.05) is 0 Å². The minimum Gasteiger partial charge on any atom is -0.481 e. The fraction of sp³-hybridized carbons (Fsp3) is 0.267. The molecule has 0 aliphatic heterocycles. The Morgan fingerprint density at radius 2 is 2.00 bits per heavy atom. The number of aryl methyl sites for hydroxylation is 1. The van der Waals surface area contributed by atoms with E-state index in [1.54, 1.807) is 11.3 Å². The molecular weight excluding hydrogens is 244 g/mol. The highest BCUT2D eigenvalue weighted by Gasteiger charge is 2.16. The lowest BCUT2D eigenvalue weighted by Crippen LogP contribution is -2.08. The maximum atomic E-state index is 11.0. The van der Waals surface area contributed by atoms with E-state index >= 15 is 0 Å². The molecule has 2 aromatic rings. The van der Waals surface area contributed by atoms with Gasteiger partial charge in [0.1, 0.15) is 0 Å². The monoisotopic (exact) mass is 260 g/mol. The predicted octanol–water partition coefficient (Wildman–Crippen LogP) is 3.86. The van der Waals surface area contributed by atoms with Crippen molar-refractivity contribution in [3.05, 3.63) is 57.8 Å². The molecule has 3 heteroatoms. The summed E-state index contributed by atoms with van der Waals surface area (Å²) in [7, 11) is 0. The summed E-state index contributed by atoms with van der Waals surface area (Å²) in [6.45, 7) is 2.04. The van der Waals surface area contributed by atoms with Gasteiger partial charge in [-0.3, -0.25) is 4.79 Å². The van der Waals surface area contributed by atoms with E-state index in [0.717, 1.165) is 12.0 Å². The second-order valence-corrected chi connectivity index (χ2v) is 5.52. The number of carbonyl (C=O) groups is 1. The van der Waals surface area contributed by atoms with Crippen LogP contribution < -0.4 is 0 Å². The van der Waals surface area contributed by atoms with Gasteiger partial charge in [-0.1, -0.05) is 35.9 Å². The van der Waals surface area contributed by atoms with Gasteiger partial charge in [0.15, 0.2) is 0 Å². The van der Waals surface area contributed by atoms with Gasteiger partial charge in [-0.05, 0) is 36.3 Å². The highest BCUT2D eigenvalue weighted by atomic mass is 32.1. The molecular formula is C15H16O2S. The first-order valence-electron chi connectivity index (χ1n) is 5.96. The molecule has 0 saturated carbocycles. The van der Waals surface area contributed by atoms with Crippen LogP contribution in [-0.4, -0.2) is 11.1 Å². The molecule has 94 valence electrons. The lowest BCUT2D eigenvalue weighted by molar-refractivity contribution is -0.137. The van der Waals surface area contributed by atoms with Crippen LogP contribution in [0.2, 0.25) is 0 Å². The molecule has 18 heavy (non-hydrogen) atoms. The highest BCUT2D eigenvalue weighted by Crippen LogP contribution is 2.26. The largest absolute Gasteiger partial charge is 0.481 e. The number of aliphatic carboxylic acids is 1. The number of hydrogen-bond acceptors (Lipinski definition) is 2. The van der Waals surface area contributed by atoms with Gasteiger partial charge in [0.05, 0.1) is 6.42 Å². The van der Waals surface area contributed by atoms with Crippen molar-refractivity contribution in [3.8, 4) is 0 Å². The summed E-state index contributed by atoms with van der Waals surface area (Å²) in [5.41, 5.74) is 2.31. The second-order valence-electron chi connectivity index (χ2n) is 4.49. The number of carboxylic acid groups (broad SMARTS) is 1. The zero-order valence-electron chi connectivity index (χ0n) is 10.3. The van der Waals surface area contributed by atoms with Crippen molar-refractivity contribution in [1.82, 2.24) is 0 Å². The molecule has 0 radical (unpaired) electrons. The highest BCUT2D eigenvalue weighted by molar-refractivity contribution is 7.09. The average molecular weight is 260 g/mol. The Morgan fingerprint density at radius 3 is 2.56 bits per heavy atom. The summed E-state index contributed by atoms with van der Waals surface area (Å²) < 4.78 is 0.